The fourth-order valence-electron chi connectivity index (χ4n) is 7.97. The Morgan fingerprint density at radius 2 is 1.54 bits per heavy atom. The summed E-state index contributed by atoms with van der Waals surface area (Å²) in [6, 6.07) is 18.3. The Morgan fingerprint density at radius 1 is 0.825 bits per heavy atom. The molecular weight excluding hydrogens is 1090 g/mol. The first-order valence-electron chi connectivity index (χ1n) is 25.1. The number of carbonyl (C=O) groups is 5. The van der Waals surface area contributed by atoms with Crippen LogP contribution in [0.3, 0.4) is 0 Å². The lowest BCUT2D eigenvalue weighted by molar-refractivity contribution is -0.498. The van der Waals surface area contributed by atoms with Gasteiger partial charge in [0.2, 0.25) is 22.1 Å². The van der Waals surface area contributed by atoms with E-state index in [-0.39, 0.29) is 161 Å². The summed E-state index contributed by atoms with van der Waals surface area (Å²) in [5, 5.41) is 23.0. The third-order valence-corrected chi connectivity index (χ3v) is 13.3. The van der Waals surface area contributed by atoms with Crippen molar-refractivity contribution in [3.8, 4) is 28.2 Å². The number of carbonyl (C=O) groups excluding carboxylic acids is 4. The molecule has 3 aromatic carbocycles. The number of nitrogens with one attached hydrogen (secondary N) is 5. The van der Waals surface area contributed by atoms with Gasteiger partial charge in [-0.25, -0.2) is 18.2 Å². The minimum Gasteiger partial charge on any atom is -0.744 e. The van der Waals surface area contributed by atoms with Crippen LogP contribution in [-0.4, -0.2) is 171 Å². The molecule has 432 valence electrons. The lowest BCUT2D eigenvalue weighted by Gasteiger charge is -2.23. The van der Waals surface area contributed by atoms with Gasteiger partial charge in [-0.3, -0.25) is 23.7 Å². The third-order valence-electron chi connectivity index (χ3n) is 11.5. The SMILES string of the molecule is CCNc1ccc2c(-c3ccccc3C(=O)N(C)CCCC(=O)NCCOCCOCCC(=O)NCCNC(=O)c3cccc(OCC(N=[N+]=[N-])OCCOCC(=O)O)c3)c3ccc(=[NH+]CC)c(S(=O)(=O)O)c-3oc2c1S(=O)(=O)[O-]. The predicted octanol–water partition coefficient (Wildman–Crippen LogP) is 1.86. The summed E-state index contributed by atoms with van der Waals surface area (Å²) in [6.07, 6.45) is -0.663. The lowest BCUT2D eigenvalue weighted by Crippen LogP contribution is -2.76. The van der Waals surface area contributed by atoms with E-state index in [1.54, 1.807) is 50.2 Å². The highest BCUT2D eigenvalue weighted by atomic mass is 32.2. The molecule has 0 saturated carbocycles. The molecule has 1 unspecified atom stereocenters. The van der Waals surface area contributed by atoms with Crippen molar-refractivity contribution in [1.29, 1.82) is 0 Å². The largest absolute Gasteiger partial charge is 0.744 e. The molecule has 4 amide bonds. The van der Waals surface area contributed by atoms with Gasteiger partial charge < -0.3 is 63.9 Å². The molecule has 0 spiro atoms. The molecule has 0 saturated heterocycles. The number of fused-ring (bicyclic) bond motifs is 2. The average Bonchev–Trinajstić information content (AvgIpc) is 3.57. The number of benzene rings is 4. The van der Waals surface area contributed by atoms with E-state index < -0.39 is 72.0 Å². The fraction of sp³-hybridized carbons (Fsp3) is 0.412. The second kappa shape index (κ2) is 31.2. The van der Waals surface area contributed by atoms with Gasteiger partial charge in [-0.2, -0.15) is 8.42 Å². The number of ether oxygens (including phenoxy) is 5. The summed E-state index contributed by atoms with van der Waals surface area (Å²) in [6.45, 7) is 4.26. The molecule has 27 nitrogen and oxygen atoms in total. The maximum absolute atomic E-state index is 14.2. The summed E-state index contributed by atoms with van der Waals surface area (Å²) in [7, 11) is -8.83. The Bertz CT molecular complexity index is 3300. The van der Waals surface area contributed by atoms with Crippen molar-refractivity contribution in [1.82, 2.24) is 20.9 Å². The number of nitrogens with zero attached hydrogens (tertiary/aromatic N) is 4. The first kappa shape index (κ1) is 63.1. The molecule has 1 heterocycles. The summed E-state index contributed by atoms with van der Waals surface area (Å²) in [5.41, 5.74) is 9.03. The van der Waals surface area contributed by atoms with Crippen LogP contribution in [-0.2, 0) is 53.6 Å². The quantitative estimate of drug-likeness (QED) is 0.00772. The van der Waals surface area contributed by atoms with Gasteiger partial charge in [0.1, 0.15) is 40.5 Å². The van der Waals surface area contributed by atoms with Crippen LogP contribution in [0.1, 0.15) is 53.8 Å². The van der Waals surface area contributed by atoms with Crippen molar-refractivity contribution >= 4 is 66.5 Å². The Hall–Kier alpha value is -7.73. The van der Waals surface area contributed by atoms with Crippen molar-refractivity contribution < 1.29 is 88.1 Å². The standard InChI is InChI=1S/C51H63N9O18S2/c1-4-53-39-17-15-37-45(38-16-18-40(54-5-2)49(80(70,71)72)47(38)78-46(37)48(39)79(67,68)69)35-12-6-7-13-36(35)51(66)60(3)23-9-14-41(61)56-22-25-74-27-26-73-24-19-42(62)55-20-21-57-50(65)33-10-8-11-34(30-33)77-31-43(58-59-52)76-29-28-75-32-44(63)64/h6-8,10-13,15-18,30,43,53H,4-5,9,14,19-29,31-32H2,1-3H3,(H,55,62)(H,56,61)(H,57,65)(H,63,64)(H,67,68,69)(H,70,71,72). The summed E-state index contributed by atoms with van der Waals surface area (Å²) in [4.78, 5) is 67.8. The van der Waals surface area contributed by atoms with Gasteiger partial charge in [-0.1, -0.05) is 29.4 Å². The number of hydrogen-bond acceptors (Lipinski definition) is 18. The molecule has 0 aromatic heterocycles. The van der Waals surface area contributed by atoms with Crippen LogP contribution in [0.4, 0.5) is 5.69 Å². The molecular formula is C51H63N9O18S2. The van der Waals surface area contributed by atoms with E-state index in [4.69, 9.17) is 38.7 Å². The van der Waals surface area contributed by atoms with Crippen molar-refractivity contribution in [3.05, 3.63) is 99.7 Å². The van der Waals surface area contributed by atoms with Crippen LogP contribution < -0.4 is 36.4 Å². The third kappa shape index (κ3) is 18.7. The van der Waals surface area contributed by atoms with Crippen molar-refractivity contribution in [3.63, 3.8) is 0 Å². The molecule has 1 atom stereocenters. The van der Waals surface area contributed by atoms with Gasteiger partial charge in [0.15, 0.2) is 17.6 Å². The Labute approximate surface area is 460 Å². The second-order valence-corrected chi connectivity index (χ2v) is 19.9. The maximum atomic E-state index is 14.2. The fourth-order valence-corrected chi connectivity index (χ4v) is 9.56. The predicted molar refractivity (Wildman–Crippen MR) is 285 cm³/mol. The molecule has 1 aliphatic heterocycles. The van der Waals surface area contributed by atoms with Gasteiger partial charge >= 0.3 is 16.1 Å². The van der Waals surface area contributed by atoms with Gasteiger partial charge in [0, 0.05) is 91.2 Å². The maximum Gasteiger partial charge on any atom is 0.329 e. The van der Waals surface area contributed by atoms with Gasteiger partial charge in [-0.05, 0) is 73.8 Å². The number of amides is 4. The molecule has 5 rings (SSSR count). The Kier molecular flexibility index (Phi) is 24.6. The number of hydrogen-bond donors (Lipinski definition) is 7. The summed E-state index contributed by atoms with van der Waals surface area (Å²) in [5.74, 6) is -2.83. The van der Waals surface area contributed by atoms with E-state index in [9.17, 15) is 49.9 Å². The number of azide groups is 1. The number of rotatable bonds is 34. The van der Waals surface area contributed by atoms with Crippen LogP contribution in [0.5, 0.6) is 5.75 Å². The van der Waals surface area contributed by atoms with Gasteiger partial charge in [0.25, 0.3) is 11.8 Å². The van der Waals surface area contributed by atoms with Gasteiger partial charge in [0.05, 0.1) is 45.3 Å². The monoisotopic (exact) mass is 1150 g/mol. The molecule has 1 aliphatic carbocycles. The molecule has 80 heavy (non-hydrogen) atoms. The van der Waals surface area contributed by atoms with Crippen molar-refractivity contribution in [2.75, 3.05) is 104 Å². The molecule has 3 aromatic rings. The van der Waals surface area contributed by atoms with E-state index in [2.05, 4.69) is 36.3 Å². The van der Waals surface area contributed by atoms with Crippen LogP contribution in [0, 0.1) is 0 Å². The highest BCUT2D eigenvalue weighted by Gasteiger charge is 2.33. The van der Waals surface area contributed by atoms with Crippen LogP contribution in [0.25, 0.3) is 43.9 Å². The van der Waals surface area contributed by atoms with Crippen molar-refractivity contribution in [2.24, 2.45) is 5.11 Å². The summed E-state index contributed by atoms with van der Waals surface area (Å²) < 4.78 is 108. The van der Waals surface area contributed by atoms with Gasteiger partial charge in [-0.15, -0.1) is 0 Å². The Balaban J connectivity index is 1.02. The minimum absolute atomic E-state index is 0.0440. The zero-order valence-corrected chi connectivity index (χ0v) is 45.7. The molecule has 0 fully saturated rings. The second-order valence-electron chi connectivity index (χ2n) is 17.2. The highest BCUT2D eigenvalue weighted by molar-refractivity contribution is 7.86. The van der Waals surface area contributed by atoms with Crippen LogP contribution in [0.2, 0.25) is 0 Å². The van der Waals surface area contributed by atoms with Crippen LogP contribution >= 0.6 is 0 Å². The first-order chi connectivity index (χ1) is 38.3. The normalized spacial score (nSPS) is 12.1. The zero-order valence-electron chi connectivity index (χ0n) is 44.1. The first-order valence-corrected chi connectivity index (χ1v) is 27.9. The Morgan fingerprint density at radius 3 is 2.25 bits per heavy atom. The van der Waals surface area contributed by atoms with E-state index in [0.29, 0.717) is 5.75 Å². The molecule has 29 heteroatoms. The number of carboxylic acid groups (broad SMARTS) is 1. The van der Waals surface area contributed by atoms with Crippen LogP contribution in [0.15, 0.2) is 92.1 Å². The molecule has 7 N–H and O–H groups in total. The molecule has 0 radical (unpaired) electrons. The van der Waals surface area contributed by atoms with E-state index in [1.165, 1.54) is 48.3 Å². The van der Waals surface area contributed by atoms with E-state index in [0.717, 1.165) is 0 Å². The average molecular weight is 1150 g/mol. The highest BCUT2D eigenvalue weighted by Crippen LogP contribution is 2.46. The zero-order chi connectivity index (χ0) is 58.2. The van der Waals surface area contributed by atoms with E-state index in [1.807, 2.05) is 0 Å². The number of carboxylic acids is 1. The number of aliphatic carboxylic acids is 1. The molecule has 2 aliphatic rings. The van der Waals surface area contributed by atoms with E-state index >= 15 is 0 Å². The number of anilines is 1. The summed E-state index contributed by atoms with van der Waals surface area (Å²) >= 11 is 0. The lowest BCUT2D eigenvalue weighted by atomic mass is 9.90. The smallest absolute Gasteiger partial charge is 0.329 e. The van der Waals surface area contributed by atoms with Crippen molar-refractivity contribution in [2.45, 2.75) is 49.1 Å². The minimum atomic E-state index is -5.30. The molecule has 0 bridgehead atoms. The topological polar surface area (TPSA) is 391 Å².